The lowest BCUT2D eigenvalue weighted by Crippen LogP contribution is -1.96. The summed E-state index contributed by atoms with van der Waals surface area (Å²) in [6.07, 6.45) is 0. The third kappa shape index (κ3) is 3.17. The molecular weight excluding hydrogens is 697 g/mol. The molecule has 15 rings (SSSR count). The Morgan fingerprint density at radius 1 is 0.224 bits per heavy atom. The summed E-state index contributed by atoms with van der Waals surface area (Å²) in [5.74, 6) is 0.722. The molecule has 0 saturated carbocycles. The molecule has 0 N–H and O–H groups in total. The number of hydrogen-bond donors (Lipinski definition) is 0. The van der Waals surface area contributed by atoms with Crippen LogP contribution in [0.15, 0.2) is 133 Å². The van der Waals surface area contributed by atoms with Gasteiger partial charge in [0.05, 0.1) is 0 Å². The van der Waals surface area contributed by atoms with Gasteiger partial charge in [-0.2, -0.15) is 0 Å². The third-order valence-electron chi connectivity index (χ3n) is 14.8. The van der Waals surface area contributed by atoms with Crippen LogP contribution in [0.25, 0.3) is 151 Å². The second-order valence-electron chi connectivity index (χ2n) is 18.1. The Labute approximate surface area is 333 Å². The Kier molecular flexibility index (Phi) is 5.16. The second kappa shape index (κ2) is 9.84. The lowest BCUT2D eigenvalue weighted by atomic mass is 9.85. The molecule has 15 aromatic rings. The van der Waals surface area contributed by atoms with Crippen LogP contribution in [-0.2, 0) is 0 Å². The summed E-state index contributed by atoms with van der Waals surface area (Å²) in [5, 5.41) is 39.2. The van der Waals surface area contributed by atoms with Gasteiger partial charge in [0, 0.05) is 0 Å². The van der Waals surface area contributed by atoms with Gasteiger partial charge in [-0.05, 0) is 180 Å². The lowest BCUT2D eigenvalue weighted by Gasteiger charge is -2.18. The van der Waals surface area contributed by atoms with Crippen LogP contribution in [0.5, 0.6) is 0 Å². The topological polar surface area (TPSA) is 0 Å². The van der Waals surface area contributed by atoms with Crippen LogP contribution < -0.4 is 0 Å². The molecule has 268 valence electrons. The van der Waals surface area contributed by atoms with Crippen LogP contribution in [0.2, 0.25) is 0 Å². The average molecular weight is 733 g/mol. The van der Waals surface area contributed by atoms with Gasteiger partial charge in [0.1, 0.15) is 0 Å². The Hall–Kier alpha value is -6.76. The van der Waals surface area contributed by atoms with Gasteiger partial charge < -0.3 is 0 Å². The molecule has 0 aliphatic carbocycles. The van der Waals surface area contributed by atoms with Crippen LogP contribution >= 0.6 is 0 Å². The third-order valence-corrected chi connectivity index (χ3v) is 14.8. The first kappa shape index (κ1) is 30.4. The van der Waals surface area contributed by atoms with E-state index in [1.807, 2.05) is 0 Å². The molecule has 0 fully saturated rings. The fourth-order valence-corrected chi connectivity index (χ4v) is 12.9. The van der Waals surface area contributed by atoms with E-state index in [1.54, 1.807) is 0 Å². The minimum absolute atomic E-state index is 0.361. The summed E-state index contributed by atoms with van der Waals surface area (Å²) >= 11 is 0. The first-order valence-electron chi connectivity index (χ1n) is 21.2. The summed E-state index contributed by atoms with van der Waals surface area (Å²) in [6.45, 7) is 9.66. The van der Waals surface area contributed by atoms with Gasteiger partial charge in [0.25, 0.3) is 0 Å². The highest BCUT2D eigenvalue weighted by atomic mass is 14.3. The SMILES string of the molecule is CC(C)c1c2c3cccc4cccc(c2c(C(C)C)c2c5ccc6c7ccc8c9c(ccc(c%10ccc(c12)c5c%106)c79)c1cc2cccc5c6ccccc6c(c25)c18)c43. The molecule has 0 aliphatic rings. The molecule has 0 unspecified atom stereocenters. The summed E-state index contributed by atoms with van der Waals surface area (Å²) in [5.41, 5.74) is 3.01. The molecule has 58 heavy (non-hydrogen) atoms. The van der Waals surface area contributed by atoms with Gasteiger partial charge in [0.15, 0.2) is 0 Å². The molecule has 0 atom stereocenters. The van der Waals surface area contributed by atoms with Crippen molar-refractivity contribution in [3.8, 4) is 0 Å². The molecule has 0 heterocycles. The molecule has 0 heteroatoms. The largest absolute Gasteiger partial charge is 0.0616 e. The molecule has 0 aromatic heterocycles. The average Bonchev–Trinajstić information content (AvgIpc) is 3.97. The number of hydrogen-bond acceptors (Lipinski definition) is 0. The van der Waals surface area contributed by atoms with E-state index in [0.29, 0.717) is 11.8 Å². The summed E-state index contributed by atoms with van der Waals surface area (Å²) in [7, 11) is 0. The monoisotopic (exact) mass is 732 g/mol. The van der Waals surface area contributed by atoms with Gasteiger partial charge in [-0.3, -0.25) is 0 Å². The van der Waals surface area contributed by atoms with Gasteiger partial charge in [-0.25, -0.2) is 0 Å². The normalized spacial score (nSPS) is 13.5. The number of fused-ring (bicyclic) bond motifs is 15. The van der Waals surface area contributed by atoms with Crippen molar-refractivity contribution in [1.29, 1.82) is 0 Å². The quantitative estimate of drug-likeness (QED) is 0.123. The van der Waals surface area contributed by atoms with Crippen molar-refractivity contribution < 1.29 is 0 Å². The van der Waals surface area contributed by atoms with Gasteiger partial charge in [-0.15, -0.1) is 0 Å². The highest BCUT2D eigenvalue weighted by Crippen LogP contribution is 2.57. The zero-order chi connectivity index (χ0) is 38.0. The van der Waals surface area contributed by atoms with Crippen molar-refractivity contribution in [2.24, 2.45) is 0 Å². The molecule has 0 spiro atoms. The van der Waals surface area contributed by atoms with E-state index in [2.05, 4.69) is 161 Å². The van der Waals surface area contributed by atoms with Crippen molar-refractivity contribution in [3.05, 3.63) is 145 Å². The summed E-state index contributed by atoms with van der Waals surface area (Å²) < 4.78 is 0. The number of benzene rings is 11. The van der Waals surface area contributed by atoms with Crippen molar-refractivity contribution >= 4 is 151 Å². The highest BCUT2D eigenvalue weighted by molar-refractivity contribution is 6.50. The lowest BCUT2D eigenvalue weighted by molar-refractivity contribution is 0.876. The van der Waals surface area contributed by atoms with Crippen molar-refractivity contribution in [3.63, 3.8) is 0 Å². The zero-order valence-electron chi connectivity index (χ0n) is 32.9. The molecule has 0 saturated heterocycles. The van der Waals surface area contributed by atoms with Crippen molar-refractivity contribution in [2.45, 2.75) is 39.5 Å². The molecule has 0 nitrogen and oxygen atoms in total. The molecular formula is C58H36. The highest BCUT2D eigenvalue weighted by Gasteiger charge is 2.30. The Morgan fingerprint density at radius 3 is 1.09 bits per heavy atom. The fraction of sp³-hybridized carbons (Fsp3) is 0.103. The zero-order valence-corrected chi connectivity index (χ0v) is 32.9. The van der Waals surface area contributed by atoms with E-state index in [1.165, 1.54) is 162 Å². The number of rotatable bonds is 2. The molecule has 0 amide bonds. The van der Waals surface area contributed by atoms with E-state index < -0.39 is 0 Å². The predicted octanol–water partition coefficient (Wildman–Crippen LogP) is 17.3. The predicted molar refractivity (Wildman–Crippen MR) is 256 cm³/mol. The van der Waals surface area contributed by atoms with E-state index in [9.17, 15) is 0 Å². The first-order valence-corrected chi connectivity index (χ1v) is 21.2. The standard InChI is InChI=1S/C58H36/c1-27(2)45-55-39-16-7-10-29-11-8-17-40(47(29)39)56(55)46(28(3)4)58-43-25-22-37-35-20-23-41-51-38(19-18-34(49(35)51)36-21-24-42(57(45)58)52(43)50(36)37)44-26-30-12-9-15-32-31-13-5-6-14-33(31)54(48(30)32)53(41)44/h5-28H,1-4H3. The fourth-order valence-electron chi connectivity index (χ4n) is 12.9. The molecule has 0 aliphatic heterocycles. The Balaban J connectivity index is 1.15. The van der Waals surface area contributed by atoms with Crippen LogP contribution in [0.4, 0.5) is 0 Å². The van der Waals surface area contributed by atoms with Gasteiger partial charge in [0.2, 0.25) is 0 Å². The Bertz CT molecular complexity index is 4150. The van der Waals surface area contributed by atoms with E-state index in [-0.39, 0.29) is 0 Å². The van der Waals surface area contributed by atoms with E-state index in [0.717, 1.165) is 0 Å². The smallest absolute Gasteiger partial charge is 0.000785 e. The maximum absolute atomic E-state index is 2.50. The maximum atomic E-state index is 2.50. The minimum atomic E-state index is 0.361. The van der Waals surface area contributed by atoms with Crippen LogP contribution in [0.1, 0.15) is 50.7 Å². The van der Waals surface area contributed by atoms with Gasteiger partial charge >= 0.3 is 0 Å². The first-order chi connectivity index (χ1) is 28.5. The minimum Gasteiger partial charge on any atom is -0.0616 e. The molecule has 15 aromatic carbocycles. The van der Waals surface area contributed by atoms with Crippen LogP contribution in [-0.4, -0.2) is 0 Å². The summed E-state index contributed by atoms with van der Waals surface area (Å²) in [4.78, 5) is 0. The van der Waals surface area contributed by atoms with Crippen molar-refractivity contribution in [2.75, 3.05) is 0 Å². The maximum Gasteiger partial charge on any atom is -0.000785 e. The molecule has 0 bridgehead atoms. The molecule has 0 radical (unpaired) electrons. The van der Waals surface area contributed by atoms with E-state index in [4.69, 9.17) is 0 Å². The second-order valence-corrected chi connectivity index (χ2v) is 18.1. The van der Waals surface area contributed by atoms with Gasteiger partial charge in [-0.1, -0.05) is 155 Å². The van der Waals surface area contributed by atoms with Crippen LogP contribution in [0.3, 0.4) is 0 Å². The Morgan fingerprint density at radius 2 is 0.552 bits per heavy atom. The van der Waals surface area contributed by atoms with Crippen molar-refractivity contribution in [1.82, 2.24) is 0 Å². The summed E-state index contributed by atoms with van der Waals surface area (Å²) in [6, 6.07) is 52.0. The van der Waals surface area contributed by atoms with Crippen LogP contribution in [0, 0.1) is 0 Å². The van der Waals surface area contributed by atoms with E-state index >= 15 is 0 Å².